The van der Waals surface area contributed by atoms with E-state index in [1.54, 1.807) is 12.1 Å². The van der Waals surface area contributed by atoms with Gasteiger partial charge in [0.25, 0.3) is 0 Å². The second-order valence-corrected chi connectivity index (χ2v) is 6.40. The molecule has 4 nitrogen and oxygen atoms in total. The quantitative estimate of drug-likeness (QED) is 0.882. The minimum absolute atomic E-state index is 0.0564. The maximum Gasteiger partial charge on any atom is 0.407 e. The van der Waals surface area contributed by atoms with Crippen LogP contribution in [0.25, 0.3) is 0 Å². The third-order valence-electron chi connectivity index (χ3n) is 3.48. The van der Waals surface area contributed by atoms with Crippen molar-refractivity contribution in [1.29, 1.82) is 0 Å². The molecule has 1 aliphatic heterocycles. The van der Waals surface area contributed by atoms with Crippen molar-refractivity contribution in [2.75, 3.05) is 13.1 Å². The number of hydrogen-bond donors (Lipinski definition) is 2. The Labute approximate surface area is 125 Å². The fourth-order valence-corrected chi connectivity index (χ4v) is 2.58. The van der Waals surface area contributed by atoms with Crippen molar-refractivity contribution < 1.29 is 13.9 Å². The van der Waals surface area contributed by atoms with E-state index in [0.29, 0.717) is 6.54 Å². The number of hydrogen-bond acceptors (Lipinski definition) is 3. The van der Waals surface area contributed by atoms with E-state index in [2.05, 4.69) is 10.6 Å². The molecule has 1 fully saturated rings. The minimum atomic E-state index is -0.516. The van der Waals surface area contributed by atoms with Gasteiger partial charge in [0.05, 0.1) is 6.04 Å². The summed E-state index contributed by atoms with van der Waals surface area (Å²) in [4.78, 5) is 11.9. The van der Waals surface area contributed by atoms with Crippen molar-refractivity contribution in [3.05, 3.63) is 35.6 Å². The van der Waals surface area contributed by atoms with E-state index in [9.17, 15) is 9.18 Å². The zero-order valence-corrected chi connectivity index (χ0v) is 12.8. The number of halogens is 1. The molecule has 1 aromatic carbocycles. The Morgan fingerprint density at radius 2 is 2.00 bits per heavy atom. The summed E-state index contributed by atoms with van der Waals surface area (Å²) in [5, 5.41) is 6.19. The number of alkyl carbamates (subject to hydrolysis) is 1. The van der Waals surface area contributed by atoms with Crippen molar-refractivity contribution in [3.8, 4) is 0 Å². The number of amides is 1. The topological polar surface area (TPSA) is 50.4 Å². The summed E-state index contributed by atoms with van der Waals surface area (Å²) in [7, 11) is 0. The van der Waals surface area contributed by atoms with E-state index in [1.807, 2.05) is 20.8 Å². The van der Waals surface area contributed by atoms with Crippen molar-refractivity contribution in [2.45, 2.75) is 44.8 Å². The molecule has 0 aliphatic carbocycles. The van der Waals surface area contributed by atoms with Crippen LogP contribution < -0.4 is 10.6 Å². The van der Waals surface area contributed by atoms with Gasteiger partial charge in [0.1, 0.15) is 11.4 Å². The van der Waals surface area contributed by atoms with Crippen LogP contribution in [-0.2, 0) is 4.74 Å². The molecule has 1 amide bonds. The number of ether oxygens (including phenoxy) is 1. The molecule has 116 valence electrons. The molecule has 0 bridgehead atoms. The molecule has 0 spiro atoms. The van der Waals surface area contributed by atoms with Crippen LogP contribution in [0.1, 0.15) is 38.7 Å². The molecule has 1 aromatic rings. The average molecular weight is 294 g/mol. The van der Waals surface area contributed by atoms with Crippen LogP contribution >= 0.6 is 0 Å². The molecule has 0 aromatic heterocycles. The Kier molecular flexibility index (Phi) is 4.83. The smallest absolute Gasteiger partial charge is 0.407 e. The molecule has 21 heavy (non-hydrogen) atoms. The lowest BCUT2D eigenvalue weighted by Gasteiger charge is -2.33. The van der Waals surface area contributed by atoms with Crippen LogP contribution in [0.4, 0.5) is 9.18 Å². The van der Waals surface area contributed by atoms with Gasteiger partial charge < -0.3 is 15.4 Å². The molecule has 0 radical (unpaired) electrons. The SMILES string of the molecule is CC(C)(C)OC(=O)NC1CNCCC1c1ccc(F)cc1. The lowest BCUT2D eigenvalue weighted by Crippen LogP contribution is -2.51. The highest BCUT2D eigenvalue weighted by molar-refractivity contribution is 5.68. The molecule has 1 aliphatic rings. The fourth-order valence-electron chi connectivity index (χ4n) is 2.58. The first-order chi connectivity index (χ1) is 9.85. The summed E-state index contributed by atoms with van der Waals surface area (Å²) >= 11 is 0. The second-order valence-electron chi connectivity index (χ2n) is 6.40. The van der Waals surface area contributed by atoms with Gasteiger partial charge in [-0.05, 0) is 51.4 Å². The summed E-state index contributed by atoms with van der Waals surface area (Å²) in [6.07, 6.45) is 0.481. The van der Waals surface area contributed by atoms with Crippen molar-refractivity contribution in [2.24, 2.45) is 0 Å². The largest absolute Gasteiger partial charge is 0.444 e. The third kappa shape index (κ3) is 4.70. The van der Waals surface area contributed by atoms with Crippen LogP contribution in [0, 0.1) is 5.82 Å². The Morgan fingerprint density at radius 3 is 2.62 bits per heavy atom. The summed E-state index contributed by atoms with van der Waals surface area (Å²) in [5.74, 6) is -0.0799. The molecule has 2 N–H and O–H groups in total. The standard InChI is InChI=1S/C16H23FN2O2/c1-16(2,3)21-15(20)19-14-10-18-9-8-13(14)11-4-6-12(17)7-5-11/h4-7,13-14,18H,8-10H2,1-3H3,(H,19,20). The zero-order chi connectivity index (χ0) is 15.5. The zero-order valence-electron chi connectivity index (χ0n) is 12.8. The van der Waals surface area contributed by atoms with Gasteiger partial charge in [0.2, 0.25) is 0 Å². The lowest BCUT2D eigenvalue weighted by molar-refractivity contribution is 0.0489. The van der Waals surface area contributed by atoms with E-state index in [1.165, 1.54) is 12.1 Å². The summed E-state index contributed by atoms with van der Waals surface area (Å²) in [6, 6.07) is 6.44. The Balaban J connectivity index is 2.05. The molecular formula is C16H23FN2O2. The molecule has 1 saturated heterocycles. The van der Waals surface area contributed by atoms with Gasteiger partial charge in [-0.2, -0.15) is 0 Å². The van der Waals surface area contributed by atoms with E-state index < -0.39 is 11.7 Å². The van der Waals surface area contributed by atoms with Gasteiger partial charge in [0, 0.05) is 12.5 Å². The van der Waals surface area contributed by atoms with E-state index in [-0.39, 0.29) is 17.8 Å². The molecule has 2 atom stereocenters. The average Bonchev–Trinajstić information content (AvgIpc) is 2.38. The first-order valence-electron chi connectivity index (χ1n) is 7.31. The molecule has 2 rings (SSSR count). The lowest BCUT2D eigenvalue weighted by atomic mass is 9.86. The van der Waals surface area contributed by atoms with Gasteiger partial charge in [-0.15, -0.1) is 0 Å². The van der Waals surface area contributed by atoms with E-state index in [4.69, 9.17) is 4.74 Å². The van der Waals surface area contributed by atoms with Crippen LogP contribution in [-0.4, -0.2) is 30.8 Å². The van der Waals surface area contributed by atoms with Crippen molar-refractivity contribution in [3.63, 3.8) is 0 Å². The number of carbonyl (C=O) groups excluding carboxylic acids is 1. The van der Waals surface area contributed by atoms with Crippen LogP contribution in [0.3, 0.4) is 0 Å². The number of benzene rings is 1. The molecule has 5 heteroatoms. The molecular weight excluding hydrogens is 271 g/mol. The van der Waals surface area contributed by atoms with E-state index in [0.717, 1.165) is 18.5 Å². The summed E-state index contributed by atoms with van der Waals surface area (Å²) < 4.78 is 18.4. The highest BCUT2D eigenvalue weighted by atomic mass is 19.1. The molecule has 1 heterocycles. The van der Waals surface area contributed by atoms with Crippen molar-refractivity contribution in [1.82, 2.24) is 10.6 Å². The molecule has 0 saturated carbocycles. The first-order valence-corrected chi connectivity index (χ1v) is 7.31. The minimum Gasteiger partial charge on any atom is -0.444 e. The van der Waals surface area contributed by atoms with Crippen LogP contribution in [0.5, 0.6) is 0 Å². The van der Waals surface area contributed by atoms with Gasteiger partial charge in [-0.3, -0.25) is 0 Å². The predicted molar refractivity (Wildman–Crippen MR) is 79.8 cm³/mol. The second kappa shape index (κ2) is 6.43. The first kappa shape index (κ1) is 15.8. The van der Waals surface area contributed by atoms with Gasteiger partial charge in [-0.1, -0.05) is 12.1 Å². The maximum absolute atomic E-state index is 13.0. The predicted octanol–water partition coefficient (Wildman–Crippen LogP) is 2.80. The van der Waals surface area contributed by atoms with Gasteiger partial charge >= 0.3 is 6.09 Å². The van der Waals surface area contributed by atoms with Crippen LogP contribution in [0.2, 0.25) is 0 Å². The third-order valence-corrected chi connectivity index (χ3v) is 3.48. The highest BCUT2D eigenvalue weighted by Gasteiger charge is 2.29. The number of piperidine rings is 1. The Morgan fingerprint density at radius 1 is 1.33 bits per heavy atom. The maximum atomic E-state index is 13.0. The highest BCUT2D eigenvalue weighted by Crippen LogP contribution is 2.26. The number of nitrogens with one attached hydrogen (secondary N) is 2. The van der Waals surface area contributed by atoms with Crippen molar-refractivity contribution >= 4 is 6.09 Å². The fraction of sp³-hybridized carbons (Fsp3) is 0.562. The normalized spacial score (nSPS) is 22.7. The Hall–Kier alpha value is -1.62. The van der Waals surface area contributed by atoms with Crippen LogP contribution in [0.15, 0.2) is 24.3 Å². The molecule has 2 unspecified atom stereocenters. The summed E-state index contributed by atoms with van der Waals surface area (Å²) in [5.41, 5.74) is 0.524. The number of carbonyl (C=O) groups is 1. The van der Waals surface area contributed by atoms with Gasteiger partial charge in [-0.25, -0.2) is 9.18 Å². The summed E-state index contributed by atoms with van der Waals surface area (Å²) in [6.45, 7) is 7.07. The van der Waals surface area contributed by atoms with Gasteiger partial charge in [0.15, 0.2) is 0 Å². The number of rotatable bonds is 2. The monoisotopic (exact) mass is 294 g/mol. The Bertz CT molecular complexity index is 482. The van der Waals surface area contributed by atoms with E-state index >= 15 is 0 Å².